The predicted octanol–water partition coefficient (Wildman–Crippen LogP) is 3.29. The van der Waals surface area contributed by atoms with Gasteiger partial charge in [-0.3, -0.25) is 9.59 Å². The summed E-state index contributed by atoms with van der Waals surface area (Å²) in [5.41, 5.74) is 0. The number of amides is 1. The molecule has 5 heteroatoms. The molecule has 1 fully saturated rings. The highest BCUT2D eigenvalue weighted by molar-refractivity contribution is 5.87. The van der Waals surface area contributed by atoms with Gasteiger partial charge in [0.25, 0.3) is 0 Å². The van der Waals surface area contributed by atoms with Gasteiger partial charge in [0.05, 0.1) is 18.1 Å². The zero-order valence-corrected chi connectivity index (χ0v) is 14.7. The SMILES string of the molecule is CCCCCCCCCCCNC(=O)[C@H]1[C@@H](C(=O)O)[C@@H]2C=C[C@H]1O2. The van der Waals surface area contributed by atoms with Crippen molar-refractivity contribution in [2.45, 2.75) is 76.9 Å². The molecule has 2 bridgehead atoms. The molecule has 2 N–H and O–H groups in total. The summed E-state index contributed by atoms with van der Waals surface area (Å²) < 4.78 is 5.53. The molecule has 2 heterocycles. The summed E-state index contributed by atoms with van der Waals surface area (Å²) in [4.78, 5) is 23.7. The number of fused-ring (bicyclic) bond motifs is 2. The van der Waals surface area contributed by atoms with Crippen LogP contribution in [0.3, 0.4) is 0 Å². The van der Waals surface area contributed by atoms with Gasteiger partial charge >= 0.3 is 5.97 Å². The van der Waals surface area contributed by atoms with E-state index in [1.807, 2.05) is 6.08 Å². The summed E-state index contributed by atoms with van der Waals surface area (Å²) in [6, 6.07) is 0. The van der Waals surface area contributed by atoms with Crippen LogP contribution in [0.15, 0.2) is 12.2 Å². The van der Waals surface area contributed by atoms with E-state index in [0.717, 1.165) is 12.8 Å². The van der Waals surface area contributed by atoms with Crippen molar-refractivity contribution in [3.63, 3.8) is 0 Å². The van der Waals surface area contributed by atoms with E-state index in [1.165, 1.54) is 44.9 Å². The average Bonchev–Trinajstić information content (AvgIpc) is 3.17. The number of rotatable bonds is 12. The van der Waals surface area contributed by atoms with Crippen LogP contribution in [0.25, 0.3) is 0 Å². The topological polar surface area (TPSA) is 75.6 Å². The summed E-state index contributed by atoms with van der Waals surface area (Å²) in [6.07, 6.45) is 13.9. The van der Waals surface area contributed by atoms with Crippen molar-refractivity contribution in [1.82, 2.24) is 5.32 Å². The lowest BCUT2D eigenvalue weighted by molar-refractivity contribution is -0.146. The maximum atomic E-state index is 12.3. The van der Waals surface area contributed by atoms with Crippen molar-refractivity contribution in [3.05, 3.63) is 12.2 Å². The fourth-order valence-electron chi connectivity index (χ4n) is 3.68. The van der Waals surface area contributed by atoms with E-state index in [2.05, 4.69) is 12.2 Å². The Labute approximate surface area is 144 Å². The molecular weight excluding hydrogens is 306 g/mol. The van der Waals surface area contributed by atoms with Crippen molar-refractivity contribution in [1.29, 1.82) is 0 Å². The largest absolute Gasteiger partial charge is 0.481 e. The number of carbonyl (C=O) groups is 2. The van der Waals surface area contributed by atoms with E-state index in [9.17, 15) is 14.7 Å². The van der Waals surface area contributed by atoms with E-state index < -0.39 is 23.9 Å². The van der Waals surface area contributed by atoms with Gasteiger partial charge in [0.1, 0.15) is 5.92 Å². The molecule has 0 radical (unpaired) electrons. The molecule has 2 aliphatic heterocycles. The third kappa shape index (κ3) is 5.07. The van der Waals surface area contributed by atoms with Crippen LogP contribution in [0.2, 0.25) is 0 Å². The highest BCUT2D eigenvalue weighted by Gasteiger charge is 2.53. The molecule has 0 aliphatic carbocycles. The number of unbranched alkanes of at least 4 members (excludes halogenated alkanes) is 8. The number of hydrogen-bond acceptors (Lipinski definition) is 3. The summed E-state index contributed by atoms with van der Waals surface area (Å²) in [7, 11) is 0. The smallest absolute Gasteiger partial charge is 0.310 e. The van der Waals surface area contributed by atoms with Gasteiger partial charge in [-0.25, -0.2) is 0 Å². The summed E-state index contributed by atoms with van der Waals surface area (Å²) >= 11 is 0. The molecule has 1 amide bonds. The van der Waals surface area contributed by atoms with Crippen molar-refractivity contribution in [3.8, 4) is 0 Å². The maximum Gasteiger partial charge on any atom is 0.310 e. The van der Waals surface area contributed by atoms with Gasteiger partial charge in [-0.15, -0.1) is 0 Å². The van der Waals surface area contributed by atoms with Crippen LogP contribution < -0.4 is 5.32 Å². The maximum absolute atomic E-state index is 12.3. The summed E-state index contributed by atoms with van der Waals surface area (Å²) in [6.45, 7) is 2.85. The first-order valence-electron chi connectivity index (χ1n) is 9.49. The molecule has 0 aromatic rings. The molecule has 0 aromatic heterocycles. The fraction of sp³-hybridized carbons (Fsp3) is 0.789. The molecule has 1 saturated heterocycles. The molecule has 5 nitrogen and oxygen atoms in total. The van der Waals surface area contributed by atoms with Crippen LogP contribution in [-0.4, -0.2) is 35.7 Å². The minimum Gasteiger partial charge on any atom is -0.481 e. The quantitative estimate of drug-likeness (QED) is 0.423. The zero-order chi connectivity index (χ0) is 17.4. The van der Waals surface area contributed by atoms with Crippen LogP contribution >= 0.6 is 0 Å². The molecule has 24 heavy (non-hydrogen) atoms. The molecule has 136 valence electrons. The normalized spacial score (nSPS) is 27.5. The Balaban J connectivity index is 1.55. The van der Waals surface area contributed by atoms with Gasteiger partial charge in [0.2, 0.25) is 5.91 Å². The molecule has 2 rings (SSSR count). The van der Waals surface area contributed by atoms with E-state index >= 15 is 0 Å². The monoisotopic (exact) mass is 337 g/mol. The number of hydrogen-bond donors (Lipinski definition) is 2. The zero-order valence-electron chi connectivity index (χ0n) is 14.7. The van der Waals surface area contributed by atoms with Crippen LogP contribution in [-0.2, 0) is 14.3 Å². The number of aliphatic carboxylic acids is 1. The molecule has 0 spiro atoms. The Bertz CT molecular complexity index is 449. The van der Waals surface area contributed by atoms with Crippen LogP contribution in [0, 0.1) is 11.8 Å². The second kappa shape index (κ2) is 9.82. The van der Waals surface area contributed by atoms with E-state index in [0.29, 0.717) is 6.54 Å². The van der Waals surface area contributed by atoms with Gasteiger partial charge in [-0.1, -0.05) is 70.4 Å². The number of carboxylic acids is 1. The Kier molecular flexibility index (Phi) is 7.76. The Morgan fingerprint density at radius 3 is 2.04 bits per heavy atom. The van der Waals surface area contributed by atoms with E-state index in [-0.39, 0.29) is 12.0 Å². The fourth-order valence-corrected chi connectivity index (χ4v) is 3.68. The lowest BCUT2D eigenvalue weighted by atomic mass is 9.82. The number of nitrogens with one attached hydrogen (secondary N) is 1. The predicted molar refractivity (Wildman–Crippen MR) is 92.7 cm³/mol. The van der Waals surface area contributed by atoms with Crippen molar-refractivity contribution in [2.75, 3.05) is 6.54 Å². The third-order valence-electron chi connectivity index (χ3n) is 5.07. The van der Waals surface area contributed by atoms with Crippen LogP contribution in [0.4, 0.5) is 0 Å². The number of ether oxygens (including phenoxy) is 1. The van der Waals surface area contributed by atoms with Gasteiger partial charge in [0, 0.05) is 6.54 Å². The molecule has 0 saturated carbocycles. The third-order valence-corrected chi connectivity index (χ3v) is 5.07. The molecular formula is C19H31NO4. The van der Waals surface area contributed by atoms with Crippen molar-refractivity contribution in [2.24, 2.45) is 11.8 Å². The highest BCUT2D eigenvalue weighted by Crippen LogP contribution is 2.39. The first-order chi connectivity index (χ1) is 11.6. The minimum atomic E-state index is -0.949. The average molecular weight is 337 g/mol. The lowest BCUT2D eigenvalue weighted by Gasteiger charge is -2.20. The Hall–Kier alpha value is -1.36. The second-order valence-electron chi connectivity index (χ2n) is 6.96. The molecule has 4 atom stereocenters. The standard InChI is InChI=1S/C19H31NO4/c1-2-3-4-5-6-7-8-9-10-13-20-18(21)16-14-11-12-15(24-14)17(16)19(22)23/h11-12,14-17H,2-10,13H2,1H3,(H,20,21)(H,22,23)/t14-,15+,16-,17+/m1/s1. The lowest BCUT2D eigenvalue weighted by Crippen LogP contribution is -2.42. The van der Waals surface area contributed by atoms with Crippen LogP contribution in [0.1, 0.15) is 64.7 Å². The van der Waals surface area contributed by atoms with Gasteiger partial charge < -0.3 is 15.2 Å². The second-order valence-corrected chi connectivity index (χ2v) is 6.96. The van der Waals surface area contributed by atoms with E-state index in [1.54, 1.807) is 6.08 Å². The van der Waals surface area contributed by atoms with Crippen LogP contribution in [0.5, 0.6) is 0 Å². The van der Waals surface area contributed by atoms with Crippen molar-refractivity contribution < 1.29 is 19.4 Å². The van der Waals surface area contributed by atoms with Gasteiger partial charge in [-0.05, 0) is 6.42 Å². The molecule has 0 unspecified atom stereocenters. The Morgan fingerprint density at radius 2 is 1.46 bits per heavy atom. The van der Waals surface area contributed by atoms with Gasteiger partial charge in [0.15, 0.2) is 0 Å². The summed E-state index contributed by atoms with van der Waals surface area (Å²) in [5, 5.41) is 12.2. The first-order valence-corrected chi connectivity index (χ1v) is 9.49. The molecule has 2 aliphatic rings. The van der Waals surface area contributed by atoms with E-state index in [4.69, 9.17) is 4.74 Å². The summed E-state index contributed by atoms with van der Waals surface area (Å²) in [5.74, 6) is -2.46. The number of carbonyl (C=O) groups excluding carboxylic acids is 1. The highest BCUT2D eigenvalue weighted by atomic mass is 16.5. The first kappa shape index (κ1) is 19.0. The minimum absolute atomic E-state index is 0.182. The molecule has 0 aromatic carbocycles. The van der Waals surface area contributed by atoms with Gasteiger partial charge in [-0.2, -0.15) is 0 Å². The number of carboxylic acid groups (broad SMARTS) is 1. The Morgan fingerprint density at radius 1 is 0.917 bits per heavy atom. The van der Waals surface area contributed by atoms with Crippen molar-refractivity contribution >= 4 is 11.9 Å².